The monoisotopic (exact) mass is 896 g/mol. The Balaban J connectivity index is 0.903. The van der Waals surface area contributed by atoms with Crippen molar-refractivity contribution in [3.05, 3.63) is 105 Å². The van der Waals surface area contributed by atoms with E-state index in [4.69, 9.17) is 25.8 Å². The number of carbonyl (C=O) groups is 4. The molecular formula is C46H49ClN6O9S. The van der Waals surface area contributed by atoms with Gasteiger partial charge in [0.05, 0.1) is 34.7 Å². The van der Waals surface area contributed by atoms with Crippen LogP contribution < -0.4 is 19.5 Å². The number of nitrogens with zero attached hydrogens (tertiary/aromatic N) is 4. The number of amides is 2. The fourth-order valence-corrected chi connectivity index (χ4v) is 8.94. The third-order valence-corrected chi connectivity index (χ3v) is 12.6. The lowest BCUT2D eigenvalue weighted by atomic mass is 9.77. The van der Waals surface area contributed by atoms with Crippen molar-refractivity contribution in [2.24, 2.45) is 0 Å². The maximum Gasteiger partial charge on any atom is 0.411 e. The Hall–Kier alpha value is -6.05. The van der Waals surface area contributed by atoms with Gasteiger partial charge in [0.1, 0.15) is 30.3 Å². The Kier molecular flexibility index (Phi) is 13.7. The van der Waals surface area contributed by atoms with Gasteiger partial charge in [-0.2, -0.15) is 5.26 Å². The summed E-state index contributed by atoms with van der Waals surface area (Å²) in [6.07, 6.45) is 6.17. The molecule has 2 aliphatic carbocycles. The molecule has 2 fully saturated rings. The molecule has 17 heteroatoms. The quantitative estimate of drug-likeness (QED) is 0.139. The molecule has 0 spiro atoms. The highest BCUT2D eigenvalue weighted by atomic mass is 35.5. The zero-order valence-electron chi connectivity index (χ0n) is 35.3. The predicted molar refractivity (Wildman–Crippen MR) is 234 cm³/mol. The lowest BCUT2D eigenvalue weighted by molar-refractivity contribution is -0.124. The second-order valence-corrected chi connectivity index (χ2v) is 18.9. The summed E-state index contributed by atoms with van der Waals surface area (Å²) in [6.45, 7) is 4.37. The van der Waals surface area contributed by atoms with Crippen molar-refractivity contribution in [2.75, 3.05) is 16.3 Å². The highest BCUT2D eigenvalue weighted by molar-refractivity contribution is 7.92. The molecule has 1 aliphatic heterocycles. The Bertz CT molecular complexity index is 2550. The topological polar surface area (TPSA) is 207 Å². The van der Waals surface area contributed by atoms with E-state index >= 15 is 0 Å². The average molecular weight is 897 g/mol. The molecule has 0 saturated heterocycles. The van der Waals surface area contributed by atoms with E-state index in [1.54, 1.807) is 35.2 Å². The molecular weight excluding hydrogens is 848 g/mol. The van der Waals surface area contributed by atoms with Crippen LogP contribution in [0.4, 0.5) is 16.4 Å². The van der Waals surface area contributed by atoms with Crippen LogP contribution >= 0.6 is 11.6 Å². The van der Waals surface area contributed by atoms with Gasteiger partial charge in [-0.05, 0) is 110 Å². The minimum absolute atomic E-state index is 0.0195. The number of nitrogens with one attached hydrogen (secondary N) is 2. The number of sulfonamides is 1. The number of halogens is 1. The number of aromatic nitrogens is 2. The first-order valence-electron chi connectivity index (χ1n) is 21.0. The van der Waals surface area contributed by atoms with Gasteiger partial charge in [0.25, 0.3) is 5.91 Å². The lowest BCUT2D eigenvalue weighted by Gasteiger charge is -2.30. The molecule has 63 heavy (non-hydrogen) atoms. The maximum absolute atomic E-state index is 13.3. The van der Waals surface area contributed by atoms with E-state index in [9.17, 15) is 32.9 Å². The van der Waals surface area contributed by atoms with Gasteiger partial charge in [0, 0.05) is 48.7 Å². The van der Waals surface area contributed by atoms with Crippen LogP contribution in [0.5, 0.6) is 11.5 Å². The Morgan fingerprint density at radius 3 is 2.40 bits per heavy atom. The van der Waals surface area contributed by atoms with Gasteiger partial charge >= 0.3 is 6.09 Å². The van der Waals surface area contributed by atoms with Crippen molar-refractivity contribution in [3.8, 4) is 17.6 Å². The van der Waals surface area contributed by atoms with E-state index < -0.39 is 27.6 Å². The maximum atomic E-state index is 13.3. The van der Waals surface area contributed by atoms with E-state index in [-0.39, 0.29) is 55.2 Å². The first kappa shape index (κ1) is 45.0. The molecule has 3 aliphatic rings. The summed E-state index contributed by atoms with van der Waals surface area (Å²) in [7, 11) is -3.52. The number of anilines is 2. The molecule has 1 atom stereocenters. The van der Waals surface area contributed by atoms with Gasteiger partial charge in [-0.25, -0.2) is 23.2 Å². The van der Waals surface area contributed by atoms with Crippen LogP contribution in [0.15, 0.2) is 66.9 Å². The smallest absolute Gasteiger partial charge is 0.411 e. The van der Waals surface area contributed by atoms with E-state index in [0.717, 1.165) is 17.4 Å². The van der Waals surface area contributed by atoms with Crippen molar-refractivity contribution in [2.45, 2.75) is 115 Å². The normalized spacial score (nSPS) is 19.5. The van der Waals surface area contributed by atoms with Crippen LogP contribution in [0.3, 0.4) is 0 Å². The summed E-state index contributed by atoms with van der Waals surface area (Å²) in [4.78, 5) is 61.2. The van der Waals surface area contributed by atoms with Crippen LogP contribution in [0.25, 0.3) is 0 Å². The number of ketones is 2. The average Bonchev–Trinajstić information content (AvgIpc) is 3.60. The van der Waals surface area contributed by atoms with Crippen molar-refractivity contribution in [3.63, 3.8) is 0 Å². The second-order valence-electron chi connectivity index (χ2n) is 16.7. The van der Waals surface area contributed by atoms with Crippen LogP contribution in [0.1, 0.15) is 116 Å². The number of nitriles is 1. The number of rotatable bonds is 12. The Morgan fingerprint density at radius 1 is 0.937 bits per heavy atom. The van der Waals surface area contributed by atoms with E-state index in [2.05, 4.69) is 26.1 Å². The van der Waals surface area contributed by atoms with Crippen molar-refractivity contribution in [1.29, 1.82) is 5.26 Å². The summed E-state index contributed by atoms with van der Waals surface area (Å²) in [5.74, 6) is 0.693. The van der Waals surface area contributed by atoms with Gasteiger partial charge in [0.2, 0.25) is 16.0 Å². The molecule has 0 bridgehead atoms. The predicted octanol–water partition coefficient (Wildman–Crippen LogP) is 8.03. The standard InChI is InChI=1S/C46H49ClN6O9S/c1-46(2,30-8-12-35(13-9-30)60-27-33-20-21-49-44(50-33)52-63(3,58)59)31-22-28(25-48)42(39(47)24-31)61-36-14-16-37(17-15-36)62-45(57)51-32-10-18-38-29(23-32)26-53(43(38)56)40-19-11-34(54)6-4-5-7-41(40)55/h8-10,12-13,18,20-24,36-37,40H,4-7,11,14-17,19,26-27H2,1-3H3,(H,51,57)(H,49,50,52). The number of fused-ring (bicyclic) bond motifs is 1. The number of ether oxygens (including phenoxy) is 3. The van der Waals surface area contributed by atoms with Gasteiger partial charge in [-0.1, -0.05) is 37.6 Å². The fraction of sp³-hybridized carbons (Fsp3) is 0.413. The van der Waals surface area contributed by atoms with Gasteiger partial charge in [-0.15, -0.1) is 0 Å². The zero-order valence-corrected chi connectivity index (χ0v) is 36.9. The molecule has 15 nitrogen and oxygen atoms in total. The highest BCUT2D eigenvalue weighted by Crippen LogP contribution is 2.40. The molecule has 3 aromatic carbocycles. The Labute approximate surface area is 371 Å². The summed E-state index contributed by atoms with van der Waals surface area (Å²) in [5.41, 5.74) is 3.63. The van der Waals surface area contributed by atoms with Crippen molar-refractivity contribution in [1.82, 2.24) is 14.9 Å². The van der Waals surface area contributed by atoms with E-state index in [1.807, 2.05) is 44.2 Å². The number of benzene rings is 3. The van der Waals surface area contributed by atoms with Gasteiger partial charge in [0.15, 0.2) is 11.5 Å². The van der Waals surface area contributed by atoms with E-state index in [0.29, 0.717) is 102 Å². The molecule has 0 radical (unpaired) electrons. The number of Topliss-reactive ketones (excluding diaryl/α,β-unsaturated/α-hetero) is 2. The second kappa shape index (κ2) is 19.1. The van der Waals surface area contributed by atoms with Crippen LogP contribution in [0, 0.1) is 11.3 Å². The number of carbonyl (C=O) groups excluding carboxylic acids is 4. The molecule has 2 N–H and O–H groups in total. The van der Waals surface area contributed by atoms with Crippen LogP contribution in [-0.4, -0.2) is 71.4 Å². The first-order chi connectivity index (χ1) is 30.1. The summed E-state index contributed by atoms with van der Waals surface area (Å²) in [6, 6.07) is 19.3. The molecule has 2 saturated carbocycles. The van der Waals surface area contributed by atoms with E-state index in [1.165, 1.54) is 6.20 Å². The third kappa shape index (κ3) is 11.1. The first-order valence-corrected chi connectivity index (χ1v) is 23.2. The van der Waals surface area contributed by atoms with Crippen molar-refractivity contribution >= 4 is 56.8 Å². The molecule has 2 amide bonds. The number of hydrogen-bond donors (Lipinski definition) is 2. The minimum atomic E-state index is -3.52. The van der Waals surface area contributed by atoms with Gasteiger partial charge in [-0.3, -0.25) is 24.4 Å². The summed E-state index contributed by atoms with van der Waals surface area (Å²) < 4.78 is 43.3. The van der Waals surface area contributed by atoms with Crippen molar-refractivity contribution < 1.29 is 41.8 Å². The molecule has 7 rings (SSSR count). The van der Waals surface area contributed by atoms with Crippen LogP contribution in [0.2, 0.25) is 5.02 Å². The molecule has 1 unspecified atom stereocenters. The lowest BCUT2D eigenvalue weighted by Crippen LogP contribution is -2.41. The fourth-order valence-electron chi connectivity index (χ4n) is 8.25. The molecule has 4 aromatic rings. The number of hydrogen-bond acceptors (Lipinski definition) is 12. The largest absolute Gasteiger partial charge is 0.487 e. The molecule has 2 heterocycles. The summed E-state index contributed by atoms with van der Waals surface area (Å²) >= 11 is 6.82. The summed E-state index contributed by atoms with van der Waals surface area (Å²) in [5, 5.41) is 13.3. The SMILES string of the molecule is CC(C)(c1ccc(OCc2ccnc(NS(C)(=O)=O)n2)cc1)c1cc(Cl)c(OC2CCC(OC(=O)Nc3ccc4c(c3)CN(C3CCC(=O)CCCCC3=O)C4=O)CC2)c(C#N)c1. The van der Waals surface area contributed by atoms with Gasteiger partial charge < -0.3 is 19.1 Å². The minimum Gasteiger partial charge on any atom is -0.487 e. The molecule has 330 valence electrons. The Morgan fingerprint density at radius 2 is 1.67 bits per heavy atom. The zero-order chi connectivity index (χ0) is 44.9. The third-order valence-electron chi connectivity index (χ3n) is 11.8. The van der Waals surface area contributed by atoms with Crippen LogP contribution in [-0.2, 0) is 42.9 Å². The highest BCUT2D eigenvalue weighted by Gasteiger charge is 2.37. The molecule has 1 aromatic heterocycles.